The van der Waals surface area contributed by atoms with Crippen LogP contribution in [0.2, 0.25) is 0 Å². The van der Waals surface area contributed by atoms with E-state index in [9.17, 15) is 10.2 Å². The third kappa shape index (κ3) is 4.23. The van der Waals surface area contributed by atoms with Crippen LogP contribution in [-0.4, -0.2) is 40.2 Å². The molecule has 0 aliphatic heterocycles. The number of aliphatic hydroxyl groups excluding tert-OH is 3. The highest BCUT2D eigenvalue weighted by atomic mass is 16.5. The molecule has 18 heavy (non-hydrogen) atoms. The zero-order chi connectivity index (χ0) is 13.5. The highest BCUT2D eigenvalue weighted by molar-refractivity contribution is 5.13. The first-order valence-electron chi connectivity index (χ1n) is 5.84. The molecule has 0 spiro atoms. The van der Waals surface area contributed by atoms with Crippen LogP contribution in [0.25, 0.3) is 0 Å². The predicted molar refractivity (Wildman–Crippen MR) is 68.9 cm³/mol. The quantitative estimate of drug-likeness (QED) is 0.630. The lowest BCUT2D eigenvalue weighted by atomic mass is 10.0. The van der Waals surface area contributed by atoms with Gasteiger partial charge < -0.3 is 20.1 Å². The smallest absolute Gasteiger partial charge is 0.116 e. The summed E-state index contributed by atoms with van der Waals surface area (Å²) in [4.78, 5) is 0. The monoisotopic (exact) mass is 252 g/mol. The molecule has 0 aliphatic carbocycles. The lowest BCUT2D eigenvalue weighted by molar-refractivity contribution is -0.108. The molecule has 0 saturated heterocycles. The maximum absolute atomic E-state index is 9.87. The van der Waals surface area contributed by atoms with E-state index in [2.05, 4.69) is 6.58 Å². The molecule has 1 aromatic rings. The van der Waals surface area contributed by atoms with Crippen molar-refractivity contribution >= 4 is 0 Å². The Hall–Kier alpha value is -1.20. The first-order valence-corrected chi connectivity index (χ1v) is 5.84. The SMILES string of the molecule is C=C(C)[C@@H](O)[C@@H](OCc1ccccc1)[C@@H](O)CO. The van der Waals surface area contributed by atoms with Gasteiger partial charge in [0.25, 0.3) is 0 Å². The number of hydrogen-bond acceptors (Lipinski definition) is 4. The number of benzene rings is 1. The molecule has 0 aliphatic rings. The number of rotatable bonds is 7. The Morgan fingerprint density at radius 1 is 1.28 bits per heavy atom. The average molecular weight is 252 g/mol. The Morgan fingerprint density at radius 2 is 1.89 bits per heavy atom. The molecular formula is C14H20O4. The maximum atomic E-state index is 9.87. The van der Waals surface area contributed by atoms with E-state index in [1.54, 1.807) is 6.92 Å². The van der Waals surface area contributed by atoms with Gasteiger partial charge in [-0.1, -0.05) is 36.9 Å². The van der Waals surface area contributed by atoms with Crippen LogP contribution in [0.4, 0.5) is 0 Å². The summed E-state index contributed by atoms with van der Waals surface area (Å²) in [7, 11) is 0. The molecule has 0 amide bonds. The minimum Gasteiger partial charge on any atom is -0.394 e. The highest BCUT2D eigenvalue weighted by Gasteiger charge is 2.27. The van der Waals surface area contributed by atoms with E-state index in [-0.39, 0.29) is 6.61 Å². The van der Waals surface area contributed by atoms with Crippen molar-refractivity contribution in [1.29, 1.82) is 0 Å². The Balaban J connectivity index is 2.64. The minimum absolute atomic E-state index is 0.257. The lowest BCUT2D eigenvalue weighted by Gasteiger charge is -2.27. The molecule has 3 N–H and O–H groups in total. The van der Waals surface area contributed by atoms with E-state index in [0.717, 1.165) is 5.56 Å². The molecule has 0 fully saturated rings. The standard InChI is InChI=1S/C14H20O4/c1-10(2)13(17)14(12(16)8-15)18-9-11-6-4-3-5-7-11/h3-7,12-17H,1,8-9H2,2H3/t12-,13+,14-/m0/s1. The van der Waals surface area contributed by atoms with Gasteiger partial charge in [0.2, 0.25) is 0 Å². The molecule has 0 aromatic heterocycles. The summed E-state index contributed by atoms with van der Waals surface area (Å²) in [5.41, 5.74) is 1.42. The van der Waals surface area contributed by atoms with Gasteiger partial charge in [0.15, 0.2) is 0 Å². The van der Waals surface area contributed by atoms with Gasteiger partial charge in [-0.15, -0.1) is 0 Å². The van der Waals surface area contributed by atoms with E-state index in [1.807, 2.05) is 30.3 Å². The molecule has 1 rings (SSSR count). The molecule has 100 valence electrons. The zero-order valence-electron chi connectivity index (χ0n) is 10.5. The van der Waals surface area contributed by atoms with Crippen LogP contribution >= 0.6 is 0 Å². The van der Waals surface area contributed by atoms with Gasteiger partial charge in [-0.25, -0.2) is 0 Å². The second-order valence-electron chi connectivity index (χ2n) is 4.30. The van der Waals surface area contributed by atoms with E-state index in [1.165, 1.54) is 0 Å². The summed E-state index contributed by atoms with van der Waals surface area (Å²) >= 11 is 0. The van der Waals surface area contributed by atoms with Crippen molar-refractivity contribution in [3.63, 3.8) is 0 Å². The third-order valence-electron chi connectivity index (χ3n) is 2.67. The Labute approximate surface area is 107 Å². The van der Waals surface area contributed by atoms with Gasteiger partial charge in [-0.2, -0.15) is 0 Å². The third-order valence-corrected chi connectivity index (χ3v) is 2.67. The van der Waals surface area contributed by atoms with Crippen molar-refractivity contribution in [2.24, 2.45) is 0 Å². The fourth-order valence-electron chi connectivity index (χ4n) is 1.56. The molecule has 0 saturated carbocycles. The molecule has 3 atom stereocenters. The molecule has 1 aromatic carbocycles. The van der Waals surface area contributed by atoms with Crippen molar-refractivity contribution in [2.75, 3.05) is 6.61 Å². The van der Waals surface area contributed by atoms with Gasteiger partial charge >= 0.3 is 0 Å². The second-order valence-corrected chi connectivity index (χ2v) is 4.30. The van der Waals surface area contributed by atoms with Crippen molar-refractivity contribution in [3.8, 4) is 0 Å². The van der Waals surface area contributed by atoms with Crippen LogP contribution in [0.1, 0.15) is 12.5 Å². The van der Waals surface area contributed by atoms with Gasteiger partial charge in [-0.05, 0) is 18.1 Å². The molecule has 0 radical (unpaired) electrons. The van der Waals surface area contributed by atoms with Crippen LogP contribution in [0.15, 0.2) is 42.5 Å². The van der Waals surface area contributed by atoms with Gasteiger partial charge in [-0.3, -0.25) is 0 Å². The Bertz CT molecular complexity index is 363. The van der Waals surface area contributed by atoms with Crippen LogP contribution in [0.5, 0.6) is 0 Å². The number of ether oxygens (including phenoxy) is 1. The van der Waals surface area contributed by atoms with Crippen molar-refractivity contribution in [1.82, 2.24) is 0 Å². The summed E-state index contributed by atoms with van der Waals surface area (Å²) < 4.78 is 5.48. The van der Waals surface area contributed by atoms with Gasteiger partial charge in [0.1, 0.15) is 18.3 Å². The van der Waals surface area contributed by atoms with Crippen LogP contribution in [0.3, 0.4) is 0 Å². The molecule has 0 bridgehead atoms. The van der Waals surface area contributed by atoms with Crippen molar-refractivity contribution < 1.29 is 20.1 Å². The van der Waals surface area contributed by atoms with Crippen molar-refractivity contribution in [3.05, 3.63) is 48.0 Å². The fourth-order valence-corrected chi connectivity index (χ4v) is 1.56. The normalized spacial score (nSPS) is 16.0. The molecule has 4 nitrogen and oxygen atoms in total. The zero-order valence-corrected chi connectivity index (χ0v) is 10.5. The molecule has 4 heteroatoms. The highest BCUT2D eigenvalue weighted by Crippen LogP contribution is 2.14. The van der Waals surface area contributed by atoms with E-state index < -0.39 is 24.9 Å². The largest absolute Gasteiger partial charge is 0.394 e. The second kappa shape index (κ2) is 7.28. The molecular weight excluding hydrogens is 232 g/mol. The summed E-state index contributed by atoms with van der Waals surface area (Å²) in [5.74, 6) is 0. The summed E-state index contributed by atoms with van der Waals surface area (Å²) in [6.07, 6.45) is -3.02. The van der Waals surface area contributed by atoms with Crippen LogP contribution < -0.4 is 0 Å². The molecule has 0 heterocycles. The first kappa shape index (κ1) is 14.9. The fraction of sp³-hybridized carbons (Fsp3) is 0.429. The first-order chi connectivity index (χ1) is 8.56. The van der Waals surface area contributed by atoms with E-state index in [0.29, 0.717) is 5.57 Å². The van der Waals surface area contributed by atoms with E-state index >= 15 is 0 Å². The Morgan fingerprint density at radius 3 is 2.39 bits per heavy atom. The molecule has 0 unspecified atom stereocenters. The summed E-state index contributed by atoms with van der Waals surface area (Å²) in [6, 6.07) is 9.42. The average Bonchev–Trinajstić information content (AvgIpc) is 2.39. The Kier molecular flexibility index (Phi) is 6.01. The lowest BCUT2D eigenvalue weighted by Crippen LogP contribution is -2.42. The number of hydrogen-bond donors (Lipinski definition) is 3. The van der Waals surface area contributed by atoms with Crippen LogP contribution in [-0.2, 0) is 11.3 Å². The van der Waals surface area contributed by atoms with Gasteiger partial charge in [0, 0.05) is 0 Å². The number of aliphatic hydroxyl groups is 3. The van der Waals surface area contributed by atoms with Crippen molar-refractivity contribution in [2.45, 2.75) is 31.8 Å². The van der Waals surface area contributed by atoms with Crippen LogP contribution in [0, 0.1) is 0 Å². The minimum atomic E-state index is -1.14. The maximum Gasteiger partial charge on any atom is 0.116 e. The summed E-state index contributed by atoms with van der Waals surface area (Å²) in [5, 5.41) is 28.5. The van der Waals surface area contributed by atoms with Gasteiger partial charge in [0.05, 0.1) is 13.2 Å². The van der Waals surface area contributed by atoms with E-state index in [4.69, 9.17) is 9.84 Å². The topological polar surface area (TPSA) is 69.9 Å². The summed E-state index contributed by atoms with van der Waals surface area (Å²) in [6.45, 7) is 5.06. The predicted octanol–water partition coefficient (Wildman–Crippen LogP) is 0.862.